The Hall–Kier alpha value is -1.55. The molecule has 1 amide bonds. The van der Waals surface area contributed by atoms with Crippen molar-refractivity contribution >= 4 is 11.6 Å². The summed E-state index contributed by atoms with van der Waals surface area (Å²) in [7, 11) is 0. The molecule has 0 spiro atoms. The predicted octanol–water partition coefficient (Wildman–Crippen LogP) is 1.59. The Labute approximate surface area is 103 Å². The Morgan fingerprint density at radius 3 is 2.88 bits per heavy atom. The standard InChI is InChI=1S/C13H21N3O/c1-3-7-15-13(17)11-5-4-6-12(8-11)16-10(2)9-14/h4-6,8,10,16H,3,7,9,14H2,1-2H3,(H,15,17). The van der Waals surface area contributed by atoms with Crippen LogP contribution in [0.2, 0.25) is 0 Å². The first-order valence-corrected chi connectivity index (χ1v) is 6.02. The van der Waals surface area contributed by atoms with Crippen molar-refractivity contribution in [3.8, 4) is 0 Å². The molecule has 4 nitrogen and oxygen atoms in total. The van der Waals surface area contributed by atoms with Gasteiger partial charge in [0.15, 0.2) is 0 Å². The van der Waals surface area contributed by atoms with Crippen molar-refractivity contribution in [1.29, 1.82) is 0 Å². The lowest BCUT2D eigenvalue weighted by atomic mass is 10.1. The number of rotatable bonds is 6. The summed E-state index contributed by atoms with van der Waals surface area (Å²) in [4.78, 5) is 11.7. The van der Waals surface area contributed by atoms with Crippen LogP contribution >= 0.6 is 0 Å². The highest BCUT2D eigenvalue weighted by Crippen LogP contribution is 2.11. The van der Waals surface area contributed by atoms with Gasteiger partial charge in [0.1, 0.15) is 0 Å². The second-order valence-electron chi connectivity index (χ2n) is 4.12. The molecule has 0 aromatic heterocycles. The van der Waals surface area contributed by atoms with Gasteiger partial charge in [0.25, 0.3) is 5.91 Å². The van der Waals surface area contributed by atoms with Gasteiger partial charge >= 0.3 is 0 Å². The van der Waals surface area contributed by atoms with E-state index in [0.29, 0.717) is 18.7 Å². The summed E-state index contributed by atoms with van der Waals surface area (Å²) in [6.45, 7) is 5.30. The SMILES string of the molecule is CCCNC(=O)c1cccc(NC(C)CN)c1. The van der Waals surface area contributed by atoms with Gasteiger partial charge in [-0.2, -0.15) is 0 Å². The highest BCUT2D eigenvalue weighted by molar-refractivity contribution is 5.95. The molecule has 4 N–H and O–H groups in total. The summed E-state index contributed by atoms with van der Waals surface area (Å²) in [5.74, 6) is -0.0316. The minimum Gasteiger partial charge on any atom is -0.381 e. The van der Waals surface area contributed by atoms with Crippen molar-refractivity contribution in [1.82, 2.24) is 5.32 Å². The number of anilines is 1. The maximum absolute atomic E-state index is 11.7. The van der Waals surface area contributed by atoms with Gasteiger partial charge in [-0.1, -0.05) is 13.0 Å². The average molecular weight is 235 g/mol. The molecule has 17 heavy (non-hydrogen) atoms. The fraction of sp³-hybridized carbons (Fsp3) is 0.462. The molecule has 1 aromatic carbocycles. The predicted molar refractivity (Wildman–Crippen MR) is 71.2 cm³/mol. The van der Waals surface area contributed by atoms with Crippen LogP contribution in [0.25, 0.3) is 0 Å². The number of carbonyl (C=O) groups excluding carboxylic acids is 1. The first kappa shape index (κ1) is 13.5. The Morgan fingerprint density at radius 2 is 2.24 bits per heavy atom. The van der Waals surface area contributed by atoms with Crippen molar-refractivity contribution in [2.24, 2.45) is 5.73 Å². The Morgan fingerprint density at radius 1 is 1.47 bits per heavy atom. The van der Waals surface area contributed by atoms with Crippen molar-refractivity contribution in [2.75, 3.05) is 18.4 Å². The number of carbonyl (C=O) groups is 1. The van der Waals surface area contributed by atoms with E-state index < -0.39 is 0 Å². The third-order valence-corrected chi connectivity index (χ3v) is 2.43. The van der Waals surface area contributed by atoms with E-state index >= 15 is 0 Å². The van der Waals surface area contributed by atoms with Gasteiger partial charge in [0, 0.05) is 30.4 Å². The highest BCUT2D eigenvalue weighted by Gasteiger charge is 2.06. The van der Waals surface area contributed by atoms with Crippen LogP contribution in [0.15, 0.2) is 24.3 Å². The summed E-state index contributed by atoms with van der Waals surface area (Å²) >= 11 is 0. The van der Waals surface area contributed by atoms with E-state index in [2.05, 4.69) is 10.6 Å². The molecule has 0 aliphatic rings. The Kier molecular flexibility index (Phi) is 5.49. The van der Waals surface area contributed by atoms with Crippen LogP contribution in [0.4, 0.5) is 5.69 Å². The summed E-state index contributed by atoms with van der Waals surface area (Å²) < 4.78 is 0. The molecule has 0 saturated heterocycles. The van der Waals surface area contributed by atoms with Gasteiger partial charge in [0.05, 0.1) is 0 Å². The maximum Gasteiger partial charge on any atom is 0.251 e. The number of benzene rings is 1. The fourth-order valence-electron chi connectivity index (χ4n) is 1.43. The summed E-state index contributed by atoms with van der Waals surface area (Å²) in [6, 6.07) is 7.65. The van der Waals surface area contributed by atoms with E-state index in [1.165, 1.54) is 0 Å². The number of hydrogen-bond donors (Lipinski definition) is 3. The van der Waals surface area contributed by atoms with Gasteiger partial charge in [-0.3, -0.25) is 4.79 Å². The van der Waals surface area contributed by atoms with Crippen LogP contribution in [-0.2, 0) is 0 Å². The van der Waals surface area contributed by atoms with Gasteiger partial charge in [-0.15, -0.1) is 0 Å². The quantitative estimate of drug-likeness (QED) is 0.701. The molecule has 4 heteroatoms. The molecule has 0 aliphatic heterocycles. The molecule has 1 unspecified atom stereocenters. The fourth-order valence-corrected chi connectivity index (χ4v) is 1.43. The van der Waals surface area contributed by atoms with Gasteiger partial charge in [-0.05, 0) is 31.5 Å². The van der Waals surface area contributed by atoms with Gasteiger partial charge in [0.2, 0.25) is 0 Å². The van der Waals surface area contributed by atoms with Crippen LogP contribution in [0.1, 0.15) is 30.6 Å². The van der Waals surface area contributed by atoms with Crippen LogP contribution in [0.3, 0.4) is 0 Å². The summed E-state index contributed by atoms with van der Waals surface area (Å²) in [5, 5.41) is 6.09. The number of nitrogens with two attached hydrogens (primary N) is 1. The zero-order chi connectivity index (χ0) is 12.7. The number of amides is 1. The van der Waals surface area contributed by atoms with Crippen LogP contribution in [0.5, 0.6) is 0 Å². The lowest BCUT2D eigenvalue weighted by Crippen LogP contribution is -2.26. The van der Waals surface area contributed by atoms with E-state index in [0.717, 1.165) is 12.1 Å². The minimum atomic E-state index is -0.0316. The van der Waals surface area contributed by atoms with E-state index in [9.17, 15) is 4.79 Å². The smallest absolute Gasteiger partial charge is 0.251 e. The maximum atomic E-state index is 11.7. The molecular formula is C13H21N3O. The normalized spacial score (nSPS) is 11.9. The average Bonchev–Trinajstić information content (AvgIpc) is 2.36. The highest BCUT2D eigenvalue weighted by atomic mass is 16.1. The lowest BCUT2D eigenvalue weighted by molar-refractivity contribution is 0.0953. The monoisotopic (exact) mass is 235 g/mol. The second-order valence-corrected chi connectivity index (χ2v) is 4.12. The zero-order valence-electron chi connectivity index (χ0n) is 10.5. The molecule has 0 radical (unpaired) electrons. The molecule has 0 bridgehead atoms. The van der Waals surface area contributed by atoms with E-state index in [1.54, 1.807) is 0 Å². The number of nitrogens with one attached hydrogen (secondary N) is 2. The molecule has 0 heterocycles. The largest absolute Gasteiger partial charge is 0.381 e. The molecule has 1 rings (SSSR count). The zero-order valence-corrected chi connectivity index (χ0v) is 10.5. The van der Waals surface area contributed by atoms with E-state index in [1.807, 2.05) is 38.1 Å². The lowest BCUT2D eigenvalue weighted by Gasteiger charge is -2.13. The van der Waals surface area contributed by atoms with Crippen LogP contribution < -0.4 is 16.4 Å². The first-order valence-electron chi connectivity index (χ1n) is 6.02. The summed E-state index contributed by atoms with van der Waals surface area (Å²) in [6.07, 6.45) is 0.938. The van der Waals surface area contributed by atoms with Crippen LogP contribution in [-0.4, -0.2) is 25.0 Å². The van der Waals surface area contributed by atoms with Gasteiger partial charge < -0.3 is 16.4 Å². The second kappa shape index (κ2) is 6.91. The Bertz CT molecular complexity index is 365. The molecule has 0 aliphatic carbocycles. The van der Waals surface area contributed by atoms with Crippen molar-refractivity contribution in [3.63, 3.8) is 0 Å². The van der Waals surface area contributed by atoms with Gasteiger partial charge in [-0.25, -0.2) is 0 Å². The first-order chi connectivity index (χ1) is 8.17. The molecule has 0 saturated carbocycles. The van der Waals surface area contributed by atoms with Crippen molar-refractivity contribution < 1.29 is 4.79 Å². The summed E-state index contributed by atoms with van der Waals surface area (Å²) in [5.41, 5.74) is 7.14. The van der Waals surface area contributed by atoms with Crippen molar-refractivity contribution in [3.05, 3.63) is 29.8 Å². The molecular weight excluding hydrogens is 214 g/mol. The molecule has 0 fully saturated rings. The van der Waals surface area contributed by atoms with E-state index in [-0.39, 0.29) is 11.9 Å². The molecule has 1 aromatic rings. The Balaban J connectivity index is 2.68. The molecule has 94 valence electrons. The van der Waals surface area contributed by atoms with Crippen molar-refractivity contribution in [2.45, 2.75) is 26.3 Å². The third kappa shape index (κ3) is 4.44. The minimum absolute atomic E-state index is 0.0316. The van der Waals surface area contributed by atoms with E-state index in [4.69, 9.17) is 5.73 Å². The molecule has 1 atom stereocenters. The van der Waals surface area contributed by atoms with Crippen LogP contribution in [0, 0.1) is 0 Å². The topological polar surface area (TPSA) is 67.2 Å². The number of hydrogen-bond acceptors (Lipinski definition) is 3. The third-order valence-electron chi connectivity index (χ3n) is 2.43.